The average molecular weight is 344 g/mol. The zero-order chi connectivity index (χ0) is 15.8. The lowest BCUT2D eigenvalue weighted by Gasteiger charge is -2.36. The molecule has 3 aromatic rings. The third-order valence-electron chi connectivity index (χ3n) is 4.26. The van der Waals surface area contributed by atoms with Crippen LogP contribution in [-0.4, -0.2) is 31.2 Å². The summed E-state index contributed by atoms with van der Waals surface area (Å²) in [6.07, 6.45) is 0. The minimum absolute atomic E-state index is 0.775. The number of benzene rings is 2. The number of anilines is 2. The number of aromatic nitrogens is 1. The Hall–Kier alpha value is -1.78. The van der Waals surface area contributed by atoms with Gasteiger partial charge >= 0.3 is 0 Å². The maximum atomic E-state index is 6.07. The number of hydrogen-bond acceptors (Lipinski definition) is 4. The van der Waals surface area contributed by atoms with Crippen LogP contribution in [-0.2, 0) is 0 Å². The van der Waals surface area contributed by atoms with Crippen LogP contribution in [0.15, 0.2) is 42.5 Å². The van der Waals surface area contributed by atoms with Crippen molar-refractivity contribution in [2.75, 3.05) is 36.0 Å². The minimum atomic E-state index is 0.775. The molecule has 0 amide bonds. The van der Waals surface area contributed by atoms with Gasteiger partial charge in [0.05, 0.1) is 10.2 Å². The summed E-state index contributed by atoms with van der Waals surface area (Å²) in [5.41, 5.74) is 3.67. The van der Waals surface area contributed by atoms with Crippen molar-refractivity contribution in [3.8, 4) is 0 Å². The molecule has 0 spiro atoms. The first-order valence-electron chi connectivity index (χ1n) is 7.82. The Morgan fingerprint density at radius 3 is 2.57 bits per heavy atom. The van der Waals surface area contributed by atoms with Crippen molar-refractivity contribution in [3.63, 3.8) is 0 Å². The van der Waals surface area contributed by atoms with E-state index in [1.807, 2.05) is 18.2 Å². The highest BCUT2D eigenvalue weighted by Gasteiger charge is 2.20. The van der Waals surface area contributed by atoms with Gasteiger partial charge in [-0.15, -0.1) is 0 Å². The zero-order valence-electron chi connectivity index (χ0n) is 13.0. The molecule has 118 valence electrons. The first-order chi connectivity index (χ1) is 11.2. The normalized spacial score (nSPS) is 15.4. The van der Waals surface area contributed by atoms with Gasteiger partial charge in [-0.1, -0.05) is 35.1 Å². The molecule has 1 fully saturated rings. The molecule has 3 nitrogen and oxygen atoms in total. The monoisotopic (exact) mass is 343 g/mol. The van der Waals surface area contributed by atoms with Crippen LogP contribution in [0.4, 0.5) is 10.8 Å². The minimum Gasteiger partial charge on any atom is -0.368 e. The molecule has 0 saturated carbocycles. The fourth-order valence-electron chi connectivity index (χ4n) is 3.00. The summed E-state index contributed by atoms with van der Waals surface area (Å²) >= 11 is 7.80. The molecular formula is C18H18ClN3S. The van der Waals surface area contributed by atoms with E-state index in [1.54, 1.807) is 11.3 Å². The van der Waals surface area contributed by atoms with Crippen LogP contribution >= 0.6 is 22.9 Å². The highest BCUT2D eigenvalue weighted by atomic mass is 35.5. The van der Waals surface area contributed by atoms with Crippen LogP contribution in [0, 0.1) is 6.92 Å². The molecule has 0 N–H and O–H groups in total. The first-order valence-corrected chi connectivity index (χ1v) is 9.01. The summed E-state index contributed by atoms with van der Waals surface area (Å²) in [6.45, 7) is 6.20. The van der Waals surface area contributed by atoms with E-state index in [1.165, 1.54) is 11.3 Å². The number of thiazole rings is 1. The van der Waals surface area contributed by atoms with Gasteiger partial charge in [0, 0.05) is 36.9 Å². The van der Waals surface area contributed by atoms with Crippen LogP contribution in [0.2, 0.25) is 5.02 Å². The van der Waals surface area contributed by atoms with Gasteiger partial charge in [0.2, 0.25) is 0 Å². The molecule has 2 heterocycles. The van der Waals surface area contributed by atoms with Gasteiger partial charge < -0.3 is 9.80 Å². The lowest BCUT2D eigenvalue weighted by Crippen LogP contribution is -2.46. The number of fused-ring (bicyclic) bond motifs is 1. The zero-order valence-corrected chi connectivity index (χ0v) is 14.6. The van der Waals surface area contributed by atoms with E-state index in [-0.39, 0.29) is 0 Å². The van der Waals surface area contributed by atoms with Gasteiger partial charge in [-0.25, -0.2) is 4.98 Å². The van der Waals surface area contributed by atoms with E-state index in [0.29, 0.717) is 0 Å². The third-order valence-corrected chi connectivity index (χ3v) is 5.57. The smallest absolute Gasteiger partial charge is 0.186 e. The number of piperazine rings is 1. The molecule has 1 aliphatic rings. The van der Waals surface area contributed by atoms with Crippen LogP contribution in [0.25, 0.3) is 10.2 Å². The first kappa shape index (κ1) is 14.8. The Morgan fingerprint density at radius 2 is 1.78 bits per heavy atom. The van der Waals surface area contributed by atoms with E-state index in [9.17, 15) is 0 Å². The van der Waals surface area contributed by atoms with Crippen molar-refractivity contribution in [1.29, 1.82) is 0 Å². The third kappa shape index (κ3) is 3.01. The lowest BCUT2D eigenvalue weighted by atomic mass is 10.2. The number of nitrogens with zero attached hydrogens (tertiary/aromatic N) is 3. The maximum Gasteiger partial charge on any atom is 0.186 e. The molecule has 0 radical (unpaired) electrons. The van der Waals surface area contributed by atoms with Gasteiger partial charge in [0.1, 0.15) is 0 Å². The fraction of sp³-hybridized carbons (Fsp3) is 0.278. The summed E-state index contributed by atoms with van der Waals surface area (Å²) in [6, 6.07) is 14.6. The molecule has 23 heavy (non-hydrogen) atoms. The van der Waals surface area contributed by atoms with Crippen molar-refractivity contribution in [2.45, 2.75) is 6.92 Å². The van der Waals surface area contributed by atoms with Crippen molar-refractivity contribution in [2.24, 2.45) is 0 Å². The second-order valence-electron chi connectivity index (χ2n) is 5.92. The Bertz CT molecular complexity index is 837. The standard InChI is InChI=1S/C18H18ClN3S/c1-13-3-2-4-15(11-13)21-7-9-22(10-8-21)18-20-16-6-5-14(19)12-17(16)23-18/h2-6,11-12H,7-10H2,1H3. The van der Waals surface area contributed by atoms with Crippen LogP contribution in [0.5, 0.6) is 0 Å². The molecule has 0 unspecified atom stereocenters. The highest BCUT2D eigenvalue weighted by molar-refractivity contribution is 7.22. The second-order valence-corrected chi connectivity index (χ2v) is 7.37. The van der Waals surface area contributed by atoms with E-state index in [4.69, 9.17) is 16.6 Å². The van der Waals surface area contributed by atoms with E-state index < -0.39 is 0 Å². The van der Waals surface area contributed by atoms with E-state index >= 15 is 0 Å². The van der Waals surface area contributed by atoms with Crippen molar-refractivity contribution in [1.82, 2.24) is 4.98 Å². The maximum absolute atomic E-state index is 6.07. The van der Waals surface area contributed by atoms with Crippen LogP contribution in [0.3, 0.4) is 0 Å². The van der Waals surface area contributed by atoms with Crippen molar-refractivity contribution >= 4 is 44.0 Å². The van der Waals surface area contributed by atoms with Crippen LogP contribution < -0.4 is 9.80 Å². The SMILES string of the molecule is Cc1cccc(N2CCN(c3nc4ccc(Cl)cc4s3)CC2)c1. The molecule has 4 rings (SSSR count). The predicted molar refractivity (Wildman–Crippen MR) is 100 cm³/mol. The molecule has 0 atom stereocenters. The van der Waals surface area contributed by atoms with E-state index in [0.717, 1.165) is 46.5 Å². The Labute approximate surface area is 145 Å². The molecule has 2 aromatic carbocycles. The summed E-state index contributed by atoms with van der Waals surface area (Å²) in [5, 5.41) is 1.88. The van der Waals surface area contributed by atoms with Gasteiger partial charge in [-0.3, -0.25) is 0 Å². The Balaban J connectivity index is 1.50. The van der Waals surface area contributed by atoms with Crippen LogP contribution in [0.1, 0.15) is 5.56 Å². The second kappa shape index (κ2) is 6.02. The average Bonchev–Trinajstić information content (AvgIpc) is 2.98. The number of halogens is 1. The molecule has 1 aromatic heterocycles. The Kier molecular flexibility index (Phi) is 3.87. The molecule has 0 bridgehead atoms. The fourth-order valence-corrected chi connectivity index (χ4v) is 4.30. The number of hydrogen-bond donors (Lipinski definition) is 0. The highest BCUT2D eigenvalue weighted by Crippen LogP contribution is 2.31. The van der Waals surface area contributed by atoms with Gasteiger partial charge in [-0.2, -0.15) is 0 Å². The van der Waals surface area contributed by atoms with Gasteiger partial charge in [0.25, 0.3) is 0 Å². The van der Waals surface area contributed by atoms with Gasteiger partial charge in [0.15, 0.2) is 5.13 Å². The van der Waals surface area contributed by atoms with E-state index in [2.05, 4.69) is 41.0 Å². The molecular weight excluding hydrogens is 326 g/mol. The topological polar surface area (TPSA) is 19.4 Å². The quantitative estimate of drug-likeness (QED) is 0.678. The summed E-state index contributed by atoms with van der Waals surface area (Å²) < 4.78 is 1.16. The number of rotatable bonds is 2. The molecule has 1 saturated heterocycles. The molecule has 1 aliphatic heterocycles. The summed E-state index contributed by atoms with van der Waals surface area (Å²) in [7, 11) is 0. The lowest BCUT2D eigenvalue weighted by molar-refractivity contribution is 0.652. The predicted octanol–water partition coefficient (Wildman–Crippen LogP) is 4.58. The van der Waals surface area contributed by atoms with Crippen molar-refractivity contribution in [3.05, 3.63) is 53.1 Å². The summed E-state index contributed by atoms with van der Waals surface area (Å²) in [5.74, 6) is 0. The van der Waals surface area contributed by atoms with Crippen molar-refractivity contribution < 1.29 is 0 Å². The largest absolute Gasteiger partial charge is 0.368 e. The summed E-state index contributed by atoms with van der Waals surface area (Å²) in [4.78, 5) is 9.59. The van der Waals surface area contributed by atoms with Gasteiger partial charge in [-0.05, 0) is 42.8 Å². The number of aryl methyl sites for hydroxylation is 1. The molecule has 5 heteroatoms. The Morgan fingerprint density at radius 1 is 1.00 bits per heavy atom. The molecule has 0 aliphatic carbocycles.